The molecule has 1 heterocycles. The highest BCUT2D eigenvalue weighted by molar-refractivity contribution is 5.92. The van der Waals surface area contributed by atoms with E-state index in [9.17, 15) is 18.0 Å². The second kappa shape index (κ2) is 6.50. The topological polar surface area (TPSA) is 64.4 Å². The predicted molar refractivity (Wildman–Crippen MR) is 70.3 cm³/mol. The summed E-state index contributed by atoms with van der Waals surface area (Å²) in [5, 5.41) is 2.35. The van der Waals surface area contributed by atoms with Crippen molar-refractivity contribution in [3.05, 3.63) is 47.7 Å². The van der Waals surface area contributed by atoms with Gasteiger partial charge in [0.05, 0.1) is 6.61 Å². The first kappa shape index (κ1) is 15.9. The maximum atomic E-state index is 12.6. The average Bonchev–Trinajstić information content (AvgIpc) is 2.95. The molecule has 0 aliphatic rings. The molecule has 2 aromatic rings. The number of benzene rings is 1. The van der Waals surface area contributed by atoms with Crippen molar-refractivity contribution in [3.63, 3.8) is 0 Å². The number of carbonyl (C=O) groups is 1. The minimum absolute atomic E-state index is 0.0394. The van der Waals surface area contributed by atoms with Crippen molar-refractivity contribution in [1.29, 1.82) is 0 Å². The lowest BCUT2D eigenvalue weighted by Gasteiger charge is -2.08. The van der Waals surface area contributed by atoms with Gasteiger partial charge in [0.2, 0.25) is 5.76 Å². The van der Waals surface area contributed by atoms with Gasteiger partial charge < -0.3 is 14.5 Å². The zero-order valence-corrected chi connectivity index (χ0v) is 11.6. The Morgan fingerprint density at radius 2 is 2.18 bits per heavy atom. The summed E-state index contributed by atoms with van der Waals surface area (Å²) >= 11 is 0. The molecule has 0 fully saturated rings. The number of carbonyl (C=O) groups excluding carboxylic acids is 1. The molecule has 0 bridgehead atoms. The molecule has 1 N–H and O–H groups in total. The fourth-order valence-corrected chi connectivity index (χ4v) is 1.78. The monoisotopic (exact) mass is 314 g/mol. The van der Waals surface area contributed by atoms with E-state index >= 15 is 0 Å². The second-order valence-electron chi connectivity index (χ2n) is 4.29. The summed E-state index contributed by atoms with van der Waals surface area (Å²) in [5.74, 6) is -1.22. The third-order valence-corrected chi connectivity index (χ3v) is 2.70. The van der Waals surface area contributed by atoms with Gasteiger partial charge in [-0.2, -0.15) is 13.2 Å². The van der Waals surface area contributed by atoms with Crippen LogP contribution in [0.3, 0.4) is 0 Å². The fourth-order valence-electron chi connectivity index (χ4n) is 1.78. The number of ether oxygens (including phenoxy) is 1. The molecule has 0 atom stereocenters. The first-order chi connectivity index (χ1) is 10.4. The smallest absolute Gasteiger partial charge is 0.437 e. The molecule has 0 radical (unpaired) electrons. The Kier molecular flexibility index (Phi) is 4.69. The van der Waals surface area contributed by atoms with Gasteiger partial charge in [-0.05, 0) is 24.6 Å². The zero-order valence-electron chi connectivity index (χ0n) is 11.6. The van der Waals surface area contributed by atoms with Crippen LogP contribution in [0.5, 0.6) is 5.75 Å². The van der Waals surface area contributed by atoms with Crippen molar-refractivity contribution < 1.29 is 27.1 Å². The Balaban J connectivity index is 2.05. The molecule has 5 nitrogen and oxygen atoms in total. The van der Waals surface area contributed by atoms with Crippen molar-refractivity contribution in [2.24, 2.45) is 0 Å². The van der Waals surface area contributed by atoms with E-state index in [1.165, 1.54) is 0 Å². The molecule has 0 saturated carbocycles. The van der Waals surface area contributed by atoms with Crippen LogP contribution >= 0.6 is 0 Å². The molecule has 0 aliphatic heterocycles. The molecule has 0 aliphatic carbocycles. The number of hydrogen-bond donors (Lipinski definition) is 1. The van der Waals surface area contributed by atoms with Gasteiger partial charge in [-0.25, -0.2) is 4.98 Å². The first-order valence-corrected chi connectivity index (χ1v) is 6.42. The van der Waals surface area contributed by atoms with Crippen LogP contribution in [0.2, 0.25) is 0 Å². The lowest BCUT2D eigenvalue weighted by molar-refractivity contribution is -0.141. The van der Waals surface area contributed by atoms with Gasteiger partial charge in [0.25, 0.3) is 5.91 Å². The van der Waals surface area contributed by atoms with E-state index in [1.807, 2.05) is 6.92 Å². The summed E-state index contributed by atoms with van der Waals surface area (Å²) in [6.07, 6.45) is -4.15. The Hall–Kier alpha value is -2.51. The summed E-state index contributed by atoms with van der Waals surface area (Å²) < 4.78 is 47.7. The van der Waals surface area contributed by atoms with E-state index in [-0.39, 0.29) is 6.54 Å². The van der Waals surface area contributed by atoms with Crippen LogP contribution in [-0.2, 0) is 12.7 Å². The van der Waals surface area contributed by atoms with Crippen LogP contribution in [0, 0.1) is 0 Å². The van der Waals surface area contributed by atoms with E-state index in [1.54, 1.807) is 24.3 Å². The van der Waals surface area contributed by atoms with Gasteiger partial charge in [-0.3, -0.25) is 4.79 Å². The normalized spacial score (nSPS) is 11.3. The molecule has 2 rings (SSSR count). The van der Waals surface area contributed by atoms with Crippen LogP contribution in [0.15, 0.2) is 35.1 Å². The largest absolute Gasteiger partial charge is 0.494 e. The van der Waals surface area contributed by atoms with Crippen LogP contribution < -0.4 is 10.1 Å². The van der Waals surface area contributed by atoms with Gasteiger partial charge in [0.1, 0.15) is 5.75 Å². The summed E-state index contributed by atoms with van der Waals surface area (Å²) in [7, 11) is 0. The molecule has 118 valence electrons. The third kappa shape index (κ3) is 3.78. The first-order valence-electron chi connectivity index (χ1n) is 6.42. The highest BCUT2D eigenvalue weighted by atomic mass is 19.4. The van der Waals surface area contributed by atoms with Crippen molar-refractivity contribution in [3.8, 4) is 5.75 Å². The average molecular weight is 314 g/mol. The fraction of sp³-hybridized carbons (Fsp3) is 0.286. The molecule has 8 heteroatoms. The van der Waals surface area contributed by atoms with E-state index < -0.39 is 23.5 Å². The zero-order chi connectivity index (χ0) is 16.2. The van der Waals surface area contributed by atoms with Crippen LogP contribution in [0.1, 0.15) is 28.7 Å². The number of oxazole rings is 1. The van der Waals surface area contributed by atoms with Gasteiger partial charge >= 0.3 is 6.18 Å². The Bertz CT molecular complexity index is 653. The predicted octanol–water partition coefficient (Wildman–Crippen LogP) is 3.02. The van der Waals surface area contributed by atoms with Crippen molar-refractivity contribution >= 4 is 5.91 Å². The minimum atomic E-state index is -4.74. The Morgan fingerprint density at radius 3 is 2.86 bits per heavy atom. The molecule has 0 saturated heterocycles. The van der Waals surface area contributed by atoms with Crippen LogP contribution in [-0.4, -0.2) is 17.5 Å². The van der Waals surface area contributed by atoms with Crippen molar-refractivity contribution in [2.45, 2.75) is 19.6 Å². The van der Waals surface area contributed by atoms with Gasteiger partial charge in [0, 0.05) is 6.54 Å². The Morgan fingerprint density at radius 1 is 1.41 bits per heavy atom. The summed E-state index contributed by atoms with van der Waals surface area (Å²) in [6, 6.07) is 6.87. The maximum Gasteiger partial charge on any atom is 0.437 e. The lowest BCUT2D eigenvalue weighted by Crippen LogP contribution is -2.25. The van der Waals surface area contributed by atoms with E-state index in [0.29, 0.717) is 24.3 Å². The molecule has 0 unspecified atom stereocenters. The SMILES string of the molecule is CCOc1cccc(CNC(=O)c2ocnc2C(F)(F)F)c1. The van der Waals surface area contributed by atoms with Crippen LogP contribution in [0.25, 0.3) is 0 Å². The standard InChI is InChI=1S/C14H13F3N2O3/c1-2-21-10-5-3-4-9(6-10)7-18-13(20)11-12(14(15,16)17)19-8-22-11/h3-6,8H,2,7H2,1H3,(H,18,20). The number of rotatable bonds is 5. The molecule has 22 heavy (non-hydrogen) atoms. The Labute approximate surface area is 124 Å². The number of nitrogens with one attached hydrogen (secondary N) is 1. The number of aromatic nitrogens is 1. The highest BCUT2D eigenvalue weighted by Crippen LogP contribution is 2.30. The van der Waals surface area contributed by atoms with Crippen molar-refractivity contribution in [2.75, 3.05) is 6.61 Å². The molecule has 1 aromatic carbocycles. The molecule has 1 amide bonds. The molecular formula is C14H13F3N2O3. The second-order valence-corrected chi connectivity index (χ2v) is 4.29. The van der Waals surface area contributed by atoms with E-state index in [4.69, 9.17) is 4.74 Å². The minimum Gasteiger partial charge on any atom is -0.494 e. The molecule has 1 aromatic heterocycles. The highest BCUT2D eigenvalue weighted by Gasteiger charge is 2.39. The quantitative estimate of drug-likeness (QED) is 0.921. The molecule has 0 spiro atoms. The number of nitrogens with zero attached hydrogens (tertiary/aromatic N) is 1. The number of halogens is 3. The van der Waals surface area contributed by atoms with E-state index in [0.717, 1.165) is 0 Å². The third-order valence-electron chi connectivity index (χ3n) is 2.70. The summed E-state index contributed by atoms with van der Waals surface area (Å²) in [4.78, 5) is 14.8. The van der Waals surface area contributed by atoms with Gasteiger partial charge in [-0.15, -0.1) is 0 Å². The maximum absolute atomic E-state index is 12.6. The number of alkyl halides is 3. The van der Waals surface area contributed by atoms with E-state index in [2.05, 4.69) is 14.7 Å². The lowest BCUT2D eigenvalue weighted by atomic mass is 10.2. The van der Waals surface area contributed by atoms with Crippen molar-refractivity contribution in [1.82, 2.24) is 10.3 Å². The number of hydrogen-bond acceptors (Lipinski definition) is 4. The van der Waals surface area contributed by atoms with Gasteiger partial charge in [0.15, 0.2) is 12.1 Å². The summed E-state index contributed by atoms with van der Waals surface area (Å²) in [6.45, 7) is 2.36. The number of amides is 1. The summed E-state index contributed by atoms with van der Waals surface area (Å²) in [5.41, 5.74) is -0.652. The molecular weight excluding hydrogens is 301 g/mol. The van der Waals surface area contributed by atoms with Crippen LogP contribution in [0.4, 0.5) is 13.2 Å². The van der Waals surface area contributed by atoms with Gasteiger partial charge in [-0.1, -0.05) is 12.1 Å².